The molecule has 33 heavy (non-hydrogen) atoms. The van der Waals surface area contributed by atoms with Crippen molar-refractivity contribution in [2.24, 2.45) is 0 Å². The minimum atomic E-state index is -2.57. The number of amides is 1. The maximum atomic E-state index is 12.8. The number of aromatic nitrogens is 3. The van der Waals surface area contributed by atoms with Crippen LogP contribution in [0.25, 0.3) is 0 Å². The van der Waals surface area contributed by atoms with Gasteiger partial charge in [-0.1, -0.05) is 23.4 Å². The molecule has 0 spiro atoms. The predicted octanol–water partition coefficient (Wildman–Crippen LogP) is 3.06. The van der Waals surface area contributed by atoms with Crippen LogP contribution in [0.15, 0.2) is 40.9 Å². The molecule has 174 valence electrons. The van der Waals surface area contributed by atoms with Gasteiger partial charge >= 0.3 is 6.01 Å². The quantitative estimate of drug-likeness (QED) is 0.548. The third-order valence-corrected chi connectivity index (χ3v) is 4.95. The summed E-state index contributed by atoms with van der Waals surface area (Å²) in [7, 11) is 0. The van der Waals surface area contributed by atoms with Crippen molar-refractivity contribution in [1.82, 2.24) is 20.4 Å². The van der Waals surface area contributed by atoms with Crippen LogP contribution >= 0.6 is 0 Å². The molecule has 1 aromatic carbocycles. The van der Waals surface area contributed by atoms with Gasteiger partial charge in [0, 0.05) is 43.0 Å². The van der Waals surface area contributed by atoms with Crippen molar-refractivity contribution >= 4 is 11.7 Å². The molecule has 1 aliphatic rings. The second-order valence-electron chi connectivity index (χ2n) is 7.45. The SMILES string of the molecule is Cc1cc(N2CCOCC2)nc(OCc2cc(C(=O)NCc3cccc(C(F)F)c3)no2)n1. The highest BCUT2D eigenvalue weighted by molar-refractivity contribution is 5.92. The molecule has 11 heteroatoms. The molecule has 0 aliphatic carbocycles. The zero-order valence-corrected chi connectivity index (χ0v) is 18.0. The fourth-order valence-electron chi connectivity index (χ4n) is 3.28. The third-order valence-electron chi connectivity index (χ3n) is 4.95. The number of carbonyl (C=O) groups excluding carboxylic acids is 1. The van der Waals surface area contributed by atoms with E-state index in [0.29, 0.717) is 24.5 Å². The zero-order valence-electron chi connectivity index (χ0n) is 18.0. The van der Waals surface area contributed by atoms with Crippen molar-refractivity contribution in [2.45, 2.75) is 26.5 Å². The maximum Gasteiger partial charge on any atom is 0.319 e. The van der Waals surface area contributed by atoms with E-state index in [9.17, 15) is 13.6 Å². The minimum absolute atomic E-state index is 0.0112. The molecular weight excluding hydrogens is 436 g/mol. The topological polar surface area (TPSA) is 103 Å². The summed E-state index contributed by atoms with van der Waals surface area (Å²) >= 11 is 0. The third kappa shape index (κ3) is 6.01. The Bertz CT molecular complexity index is 1100. The molecular formula is C22H23F2N5O4. The molecule has 0 atom stereocenters. The van der Waals surface area contributed by atoms with E-state index in [2.05, 4.69) is 25.3 Å². The second kappa shape index (κ2) is 10.3. The fraction of sp³-hybridized carbons (Fsp3) is 0.364. The molecule has 1 N–H and O–H groups in total. The predicted molar refractivity (Wildman–Crippen MR) is 113 cm³/mol. The van der Waals surface area contributed by atoms with Crippen molar-refractivity contribution in [3.05, 3.63) is 64.7 Å². The van der Waals surface area contributed by atoms with Crippen LogP contribution in [0.1, 0.15) is 39.5 Å². The lowest BCUT2D eigenvalue weighted by atomic mass is 10.1. The van der Waals surface area contributed by atoms with Crippen LogP contribution in [0.3, 0.4) is 0 Å². The average Bonchev–Trinajstić information content (AvgIpc) is 3.31. The van der Waals surface area contributed by atoms with Crippen molar-refractivity contribution in [3.8, 4) is 6.01 Å². The highest BCUT2D eigenvalue weighted by atomic mass is 19.3. The van der Waals surface area contributed by atoms with E-state index in [-0.39, 0.29) is 30.4 Å². The van der Waals surface area contributed by atoms with Gasteiger partial charge in [0.2, 0.25) is 0 Å². The molecule has 3 heterocycles. The van der Waals surface area contributed by atoms with Gasteiger partial charge in [-0.25, -0.2) is 13.8 Å². The Balaban J connectivity index is 1.33. The summed E-state index contributed by atoms with van der Waals surface area (Å²) in [6.45, 7) is 4.68. The number of halogens is 2. The van der Waals surface area contributed by atoms with Crippen LogP contribution in [0.2, 0.25) is 0 Å². The van der Waals surface area contributed by atoms with Gasteiger partial charge in [-0.3, -0.25) is 4.79 Å². The van der Waals surface area contributed by atoms with E-state index >= 15 is 0 Å². The van der Waals surface area contributed by atoms with E-state index in [0.717, 1.165) is 24.6 Å². The van der Waals surface area contributed by atoms with Crippen molar-refractivity contribution in [2.75, 3.05) is 31.2 Å². The van der Waals surface area contributed by atoms with Crippen LogP contribution in [-0.2, 0) is 17.9 Å². The van der Waals surface area contributed by atoms with Gasteiger partial charge in [0.1, 0.15) is 5.82 Å². The number of nitrogens with zero attached hydrogens (tertiary/aromatic N) is 4. The fourth-order valence-corrected chi connectivity index (χ4v) is 3.28. The van der Waals surface area contributed by atoms with E-state index in [1.54, 1.807) is 6.07 Å². The number of hydrogen-bond acceptors (Lipinski definition) is 8. The standard InChI is InChI=1S/C22H23F2N5O4/c1-14-9-19(29-5-7-31-8-6-29)27-22(26-14)32-13-17-11-18(28-33-17)21(30)25-12-15-3-2-4-16(10-15)20(23)24/h2-4,9-11,20H,5-8,12-13H2,1H3,(H,25,30). The first-order valence-electron chi connectivity index (χ1n) is 10.4. The van der Waals surface area contributed by atoms with Gasteiger partial charge in [0.25, 0.3) is 12.3 Å². The molecule has 1 aliphatic heterocycles. The summed E-state index contributed by atoms with van der Waals surface area (Å²) in [5, 5.41) is 6.38. The van der Waals surface area contributed by atoms with Crippen molar-refractivity contribution in [1.29, 1.82) is 0 Å². The number of hydrogen-bond donors (Lipinski definition) is 1. The molecule has 1 saturated heterocycles. The number of benzene rings is 1. The summed E-state index contributed by atoms with van der Waals surface area (Å²) in [6, 6.07) is 9.38. The van der Waals surface area contributed by atoms with Crippen LogP contribution in [0.5, 0.6) is 6.01 Å². The van der Waals surface area contributed by atoms with Crippen LogP contribution in [-0.4, -0.2) is 47.3 Å². The lowest BCUT2D eigenvalue weighted by Crippen LogP contribution is -2.36. The molecule has 0 radical (unpaired) electrons. The van der Waals surface area contributed by atoms with E-state index < -0.39 is 12.3 Å². The number of morpholine rings is 1. The molecule has 9 nitrogen and oxygen atoms in total. The monoisotopic (exact) mass is 459 g/mol. The Kier molecular flexibility index (Phi) is 7.08. The Labute approximate surface area is 188 Å². The molecule has 3 aromatic rings. The molecule has 0 bridgehead atoms. The molecule has 2 aromatic heterocycles. The van der Waals surface area contributed by atoms with Crippen molar-refractivity contribution in [3.63, 3.8) is 0 Å². The van der Waals surface area contributed by atoms with Gasteiger partial charge < -0.3 is 24.2 Å². The highest BCUT2D eigenvalue weighted by Crippen LogP contribution is 2.20. The number of aryl methyl sites for hydroxylation is 1. The number of nitrogens with one attached hydrogen (secondary N) is 1. The first-order valence-corrected chi connectivity index (χ1v) is 10.4. The van der Waals surface area contributed by atoms with E-state index in [4.69, 9.17) is 14.0 Å². The van der Waals surface area contributed by atoms with Crippen LogP contribution in [0.4, 0.5) is 14.6 Å². The number of anilines is 1. The van der Waals surface area contributed by atoms with Gasteiger partial charge in [-0.15, -0.1) is 0 Å². The lowest BCUT2D eigenvalue weighted by Gasteiger charge is -2.28. The summed E-state index contributed by atoms with van der Waals surface area (Å²) in [5.74, 6) is 0.584. The molecule has 4 rings (SSSR count). The molecule has 1 amide bonds. The summed E-state index contributed by atoms with van der Waals surface area (Å²) in [4.78, 5) is 23.1. The second-order valence-corrected chi connectivity index (χ2v) is 7.45. The minimum Gasteiger partial charge on any atom is -0.455 e. The first kappa shape index (κ1) is 22.6. The van der Waals surface area contributed by atoms with Gasteiger partial charge in [-0.2, -0.15) is 4.98 Å². The van der Waals surface area contributed by atoms with Gasteiger partial charge in [0.15, 0.2) is 18.1 Å². The Morgan fingerprint density at radius 2 is 2.03 bits per heavy atom. The summed E-state index contributed by atoms with van der Waals surface area (Å²) < 4.78 is 41.8. The van der Waals surface area contributed by atoms with Gasteiger partial charge in [0.05, 0.1) is 13.2 Å². The molecule has 1 fully saturated rings. The molecule has 0 unspecified atom stereocenters. The average molecular weight is 459 g/mol. The Hall–Kier alpha value is -3.60. The number of alkyl halides is 2. The van der Waals surface area contributed by atoms with Crippen LogP contribution < -0.4 is 15.0 Å². The number of rotatable bonds is 8. The van der Waals surface area contributed by atoms with Crippen LogP contribution in [0, 0.1) is 6.92 Å². The smallest absolute Gasteiger partial charge is 0.319 e. The van der Waals surface area contributed by atoms with E-state index in [1.807, 2.05) is 13.0 Å². The molecule has 0 saturated carbocycles. The summed E-state index contributed by atoms with van der Waals surface area (Å²) in [6.07, 6.45) is -2.57. The van der Waals surface area contributed by atoms with Crippen molar-refractivity contribution < 1.29 is 27.6 Å². The first-order chi connectivity index (χ1) is 16.0. The summed E-state index contributed by atoms with van der Waals surface area (Å²) in [5.41, 5.74) is 1.27. The number of carbonyl (C=O) groups is 1. The largest absolute Gasteiger partial charge is 0.455 e. The van der Waals surface area contributed by atoms with E-state index in [1.165, 1.54) is 24.3 Å². The zero-order chi connectivity index (χ0) is 23.2. The Morgan fingerprint density at radius 3 is 2.82 bits per heavy atom. The number of ether oxygens (including phenoxy) is 2. The van der Waals surface area contributed by atoms with Gasteiger partial charge in [-0.05, 0) is 18.6 Å². The maximum absolute atomic E-state index is 12.8. The normalized spacial score (nSPS) is 13.9. The Morgan fingerprint density at radius 1 is 1.21 bits per heavy atom. The lowest BCUT2D eigenvalue weighted by molar-refractivity contribution is 0.0941. The highest BCUT2D eigenvalue weighted by Gasteiger charge is 2.17.